The van der Waals surface area contributed by atoms with Crippen LogP contribution in [0.1, 0.15) is 0 Å². The summed E-state index contributed by atoms with van der Waals surface area (Å²) in [4.78, 5) is 11.1. The molecule has 0 aliphatic carbocycles. The van der Waals surface area contributed by atoms with Gasteiger partial charge in [0.1, 0.15) is 6.33 Å². The highest BCUT2D eigenvalue weighted by Crippen LogP contribution is 2.02. The largest absolute Gasteiger partial charge is 0.256 e. The second-order valence-corrected chi connectivity index (χ2v) is 2.53. The normalized spacial score (nSPS) is 8.86. The first-order valence-corrected chi connectivity index (χ1v) is 4.03. The molecule has 0 saturated heterocycles. The highest BCUT2D eigenvalue weighted by Gasteiger charge is 2.02. The minimum Gasteiger partial charge on any atom is -0.256 e. The molecule has 72 valence electrons. The third-order valence-corrected chi connectivity index (χ3v) is 1.39. The Kier molecular flexibility index (Phi) is 3.64. The number of anilines is 1. The van der Waals surface area contributed by atoms with E-state index in [-0.39, 0.29) is 11.2 Å². The van der Waals surface area contributed by atoms with Crippen LogP contribution in [0.15, 0.2) is 19.0 Å². The number of nitriles is 1. The van der Waals surface area contributed by atoms with E-state index in [0.29, 0.717) is 6.54 Å². The van der Waals surface area contributed by atoms with Crippen LogP contribution in [0.5, 0.6) is 0 Å². The Hall–Kier alpha value is -1.87. The molecule has 0 aliphatic heterocycles. The summed E-state index contributed by atoms with van der Waals surface area (Å²) in [6, 6.07) is 0. The van der Waals surface area contributed by atoms with Gasteiger partial charge >= 0.3 is 0 Å². The third kappa shape index (κ3) is 2.88. The van der Waals surface area contributed by atoms with Crippen LogP contribution in [0.3, 0.4) is 0 Å². The van der Waals surface area contributed by atoms with Gasteiger partial charge in [0.05, 0.1) is 6.54 Å². The molecule has 0 spiro atoms. The van der Waals surface area contributed by atoms with Gasteiger partial charge in [-0.25, -0.2) is 9.99 Å². The van der Waals surface area contributed by atoms with Gasteiger partial charge in [0.25, 0.3) is 0 Å². The van der Waals surface area contributed by atoms with E-state index < -0.39 is 0 Å². The van der Waals surface area contributed by atoms with Crippen molar-refractivity contribution in [2.45, 2.75) is 0 Å². The van der Waals surface area contributed by atoms with Crippen molar-refractivity contribution in [1.82, 2.24) is 20.0 Å². The van der Waals surface area contributed by atoms with Crippen LogP contribution in [0.25, 0.3) is 0 Å². The Bertz CT molecular complexity index is 359. The highest BCUT2D eigenvalue weighted by atomic mass is 35.5. The smallest absolute Gasteiger partial charge is 0.246 e. The lowest BCUT2D eigenvalue weighted by Gasteiger charge is -2.13. The monoisotopic (exact) mass is 210 g/mol. The van der Waals surface area contributed by atoms with Gasteiger partial charge in [-0.05, 0) is 11.6 Å². The molecular weight excluding hydrogens is 204 g/mol. The summed E-state index contributed by atoms with van der Waals surface area (Å²) in [6.07, 6.45) is 4.70. The van der Waals surface area contributed by atoms with Crippen LogP contribution in [0.4, 0.5) is 5.95 Å². The number of rotatable bonds is 4. The summed E-state index contributed by atoms with van der Waals surface area (Å²) in [5, 5.41) is 9.92. The van der Waals surface area contributed by atoms with E-state index in [9.17, 15) is 0 Å². The third-order valence-electron chi connectivity index (χ3n) is 1.21. The van der Waals surface area contributed by atoms with Gasteiger partial charge in [-0.1, -0.05) is 6.08 Å². The van der Waals surface area contributed by atoms with Crippen molar-refractivity contribution in [3.8, 4) is 6.19 Å². The lowest BCUT2D eigenvalue weighted by Crippen LogP contribution is -2.25. The molecular formula is C7H7ClN6. The van der Waals surface area contributed by atoms with Crippen molar-refractivity contribution >= 4 is 17.5 Å². The molecule has 0 atom stereocenters. The lowest BCUT2D eigenvalue weighted by atomic mass is 10.6. The Morgan fingerprint density at radius 2 is 2.50 bits per heavy atom. The summed E-state index contributed by atoms with van der Waals surface area (Å²) in [5.74, 6) is 0.216. The van der Waals surface area contributed by atoms with Gasteiger partial charge in [-0.2, -0.15) is 15.2 Å². The summed E-state index contributed by atoms with van der Waals surface area (Å²) >= 11 is 5.52. The van der Waals surface area contributed by atoms with Crippen molar-refractivity contribution in [1.29, 1.82) is 5.26 Å². The molecule has 0 unspecified atom stereocenters. The SMILES string of the molecule is C=CCN(C#N)Nc1ncnc(Cl)n1. The standard InChI is InChI=1S/C7H7ClN6/c1-2-3-14(4-9)13-7-11-5-10-6(8)12-7/h2,5H,1,3H2,(H,10,11,12,13). The second kappa shape index (κ2) is 4.99. The minimum atomic E-state index is 0.0685. The summed E-state index contributed by atoms with van der Waals surface area (Å²) < 4.78 is 0. The molecule has 1 aromatic heterocycles. The Balaban J connectivity index is 2.67. The molecule has 1 aromatic rings. The van der Waals surface area contributed by atoms with E-state index >= 15 is 0 Å². The van der Waals surface area contributed by atoms with Crippen molar-refractivity contribution in [2.24, 2.45) is 0 Å². The zero-order chi connectivity index (χ0) is 10.4. The van der Waals surface area contributed by atoms with Gasteiger partial charge in [0.2, 0.25) is 11.2 Å². The molecule has 1 heterocycles. The van der Waals surface area contributed by atoms with Crippen LogP contribution >= 0.6 is 11.6 Å². The quantitative estimate of drug-likeness (QED) is 0.343. The molecule has 0 amide bonds. The van der Waals surface area contributed by atoms with E-state index in [4.69, 9.17) is 16.9 Å². The molecule has 0 radical (unpaired) electrons. The molecule has 0 aliphatic rings. The molecule has 0 fully saturated rings. The van der Waals surface area contributed by atoms with Crippen molar-refractivity contribution in [3.05, 3.63) is 24.3 Å². The fourth-order valence-corrected chi connectivity index (χ4v) is 0.815. The zero-order valence-electron chi connectivity index (χ0n) is 7.18. The van der Waals surface area contributed by atoms with Gasteiger partial charge in [0.15, 0.2) is 6.19 Å². The minimum absolute atomic E-state index is 0.0685. The topological polar surface area (TPSA) is 77.7 Å². The first-order valence-electron chi connectivity index (χ1n) is 3.65. The number of aromatic nitrogens is 3. The predicted octanol–water partition coefficient (Wildman–Crippen LogP) is 0.821. The highest BCUT2D eigenvalue weighted by molar-refractivity contribution is 6.28. The van der Waals surface area contributed by atoms with Crippen molar-refractivity contribution in [3.63, 3.8) is 0 Å². The van der Waals surface area contributed by atoms with E-state index in [1.807, 2.05) is 6.19 Å². The number of nitrogens with one attached hydrogen (secondary N) is 1. The van der Waals surface area contributed by atoms with Gasteiger partial charge in [-0.3, -0.25) is 5.43 Å². The number of halogens is 1. The molecule has 6 nitrogen and oxygen atoms in total. The molecule has 0 saturated carbocycles. The van der Waals surface area contributed by atoms with Crippen LogP contribution in [-0.4, -0.2) is 26.5 Å². The maximum atomic E-state index is 8.65. The van der Waals surface area contributed by atoms with Crippen LogP contribution < -0.4 is 5.43 Å². The fourth-order valence-electron chi connectivity index (χ4n) is 0.691. The van der Waals surface area contributed by atoms with Gasteiger partial charge < -0.3 is 0 Å². The van der Waals surface area contributed by atoms with Gasteiger partial charge in [-0.15, -0.1) is 6.58 Å². The van der Waals surface area contributed by atoms with Gasteiger partial charge in [0, 0.05) is 0 Å². The molecule has 0 aromatic carbocycles. The molecule has 0 bridgehead atoms. The van der Waals surface area contributed by atoms with Crippen LogP contribution in [-0.2, 0) is 0 Å². The lowest BCUT2D eigenvalue weighted by molar-refractivity contribution is 0.512. The second-order valence-electron chi connectivity index (χ2n) is 2.19. The maximum absolute atomic E-state index is 8.65. The summed E-state index contributed by atoms with van der Waals surface area (Å²) in [7, 11) is 0. The number of hydrazine groups is 1. The Labute approximate surface area is 85.8 Å². The maximum Gasteiger partial charge on any atom is 0.246 e. The van der Waals surface area contributed by atoms with E-state index in [2.05, 4.69) is 27.0 Å². The summed E-state index contributed by atoms with van der Waals surface area (Å²) in [6.45, 7) is 3.84. The molecule has 7 heteroatoms. The predicted molar refractivity (Wildman–Crippen MR) is 51.0 cm³/mol. The fraction of sp³-hybridized carbons (Fsp3) is 0.143. The molecule has 1 N–H and O–H groups in total. The Morgan fingerprint density at radius 3 is 3.07 bits per heavy atom. The van der Waals surface area contributed by atoms with Crippen LogP contribution in [0, 0.1) is 11.5 Å². The average molecular weight is 211 g/mol. The van der Waals surface area contributed by atoms with E-state index in [0.717, 1.165) is 0 Å². The zero-order valence-corrected chi connectivity index (χ0v) is 7.94. The molecule has 14 heavy (non-hydrogen) atoms. The number of nitrogens with zero attached hydrogens (tertiary/aromatic N) is 5. The van der Waals surface area contributed by atoms with Crippen LogP contribution in [0.2, 0.25) is 5.28 Å². The summed E-state index contributed by atoms with van der Waals surface area (Å²) in [5.41, 5.74) is 2.62. The van der Waals surface area contributed by atoms with Crippen molar-refractivity contribution < 1.29 is 0 Å². The molecule has 1 rings (SSSR count). The first kappa shape index (κ1) is 10.2. The number of hydrogen-bond acceptors (Lipinski definition) is 6. The average Bonchev–Trinajstić information content (AvgIpc) is 2.17. The number of hydrogen-bond donors (Lipinski definition) is 1. The van der Waals surface area contributed by atoms with Crippen molar-refractivity contribution in [2.75, 3.05) is 12.0 Å². The Morgan fingerprint density at radius 1 is 1.71 bits per heavy atom. The first-order chi connectivity index (χ1) is 6.76. The van der Waals surface area contributed by atoms with E-state index in [1.54, 1.807) is 6.08 Å². The van der Waals surface area contributed by atoms with E-state index in [1.165, 1.54) is 11.3 Å².